The molecule has 2 aromatic rings. The molecule has 5 heteroatoms. The second-order valence-corrected chi connectivity index (χ2v) is 5.97. The van der Waals surface area contributed by atoms with Crippen LogP contribution in [0.5, 0.6) is 0 Å². The van der Waals surface area contributed by atoms with Gasteiger partial charge in [0, 0.05) is 48.7 Å². The zero-order valence-electron chi connectivity index (χ0n) is 10.6. The third kappa shape index (κ3) is 3.34. The molecule has 1 aromatic heterocycles. The number of nitrogens with zero attached hydrogens (tertiary/aromatic N) is 2. The largest absolute Gasteiger partial charge is 0.314 e. The summed E-state index contributed by atoms with van der Waals surface area (Å²) in [6.45, 7) is 5.32. The third-order valence-corrected chi connectivity index (χ3v) is 4.43. The molecule has 1 saturated heterocycles. The van der Waals surface area contributed by atoms with Crippen LogP contribution in [-0.2, 0) is 6.54 Å². The number of hydrogen-bond donors (Lipinski definition) is 1. The summed E-state index contributed by atoms with van der Waals surface area (Å²) in [6.07, 6.45) is 0. The van der Waals surface area contributed by atoms with Gasteiger partial charge in [0.05, 0.1) is 5.69 Å². The van der Waals surface area contributed by atoms with E-state index in [4.69, 9.17) is 16.6 Å². The molecule has 3 rings (SSSR count). The lowest BCUT2D eigenvalue weighted by Crippen LogP contribution is -2.42. The first kappa shape index (κ1) is 13.1. The first-order chi connectivity index (χ1) is 9.31. The molecule has 0 saturated carbocycles. The second kappa shape index (κ2) is 6.01. The molecule has 0 aliphatic carbocycles. The summed E-state index contributed by atoms with van der Waals surface area (Å²) in [5.74, 6) is 0. The number of piperazine rings is 1. The summed E-state index contributed by atoms with van der Waals surface area (Å²) in [7, 11) is 0. The highest BCUT2D eigenvalue weighted by Crippen LogP contribution is 2.25. The Labute approximate surface area is 122 Å². The molecule has 0 bridgehead atoms. The van der Waals surface area contributed by atoms with E-state index in [1.807, 2.05) is 24.3 Å². The van der Waals surface area contributed by atoms with Crippen molar-refractivity contribution in [2.24, 2.45) is 0 Å². The molecule has 19 heavy (non-hydrogen) atoms. The van der Waals surface area contributed by atoms with Crippen LogP contribution in [0.25, 0.3) is 10.6 Å². The molecule has 0 atom stereocenters. The summed E-state index contributed by atoms with van der Waals surface area (Å²) in [6, 6.07) is 7.87. The standard InChI is InChI=1S/C14H16ClN3S/c15-12-3-1-11(2-4-12)14-17-13(10-19-14)9-18-7-5-16-6-8-18/h1-4,10,16H,5-9H2. The van der Waals surface area contributed by atoms with Crippen LogP contribution in [0.2, 0.25) is 5.02 Å². The van der Waals surface area contributed by atoms with E-state index in [0.717, 1.165) is 54.0 Å². The van der Waals surface area contributed by atoms with Crippen LogP contribution in [0.4, 0.5) is 0 Å². The molecule has 1 fully saturated rings. The van der Waals surface area contributed by atoms with Crippen LogP contribution in [-0.4, -0.2) is 36.1 Å². The van der Waals surface area contributed by atoms with Crippen LogP contribution in [0, 0.1) is 0 Å². The fourth-order valence-electron chi connectivity index (χ4n) is 2.20. The SMILES string of the molecule is Clc1ccc(-c2nc(CN3CCNCC3)cs2)cc1. The molecular weight excluding hydrogens is 278 g/mol. The molecule has 100 valence electrons. The van der Waals surface area contributed by atoms with E-state index in [9.17, 15) is 0 Å². The van der Waals surface area contributed by atoms with Gasteiger partial charge in [0.15, 0.2) is 0 Å². The summed E-state index contributed by atoms with van der Waals surface area (Å²) in [5, 5.41) is 7.36. The summed E-state index contributed by atoms with van der Waals surface area (Å²) >= 11 is 7.60. The van der Waals surface area contributed by atoms with Gasteiger partial charge in [0.25, 0.3) is 0 Å². The molecule has 0 unspecified atom stereocenters. The van der Waals surface area contributed by atoms with E-state index in [2.05, 4.69) is 15.6 Å². The van der Waals surface area contributed by atoms with Crippen molar-refractivity contribution in [3.63, 3.8) is 0 Å². The first-order valence-electron chi connectivity index (χ1n) is 6.45. The van der Waals surface area contributed by atoms with E-state index in [0.29, 0.717) is 0 Å². The van der Waals surface area contributed by atoms with Crippen molar-refractivity contribution < 1.29 is 0 Å². The second-order valence-electron chi connectivity index (χ2n) is 4.68. The number of benzene rings is 1. The Morgan fingerprint density at radius 2 is 1.95 bits per heavy atom. The topological polar surface area (TPSA) is 28.2 Å². The zero-order chi connectivity index (χ0) is 13.1. The summed E-state index contributed by atoms with van der Waals surface area (Å²) in [5.41, 5.74) is 2.30. The molecule has 0 radical (unpaired) electrons. The molecule has 1 aliphatic rings. The highest BCUT2D eigenvalue weighted by molar-refractivity contribution is 7.13. The van der Waals surface area contributed by atoms with Crippen molar-refractivity contribution in [3.8, 4) is 10.6 Å². The number of aromatic nitrogens is 1. The smallest absolute Gasteiger partial charge is 0.123 e. The van der Waals surface area contributed by atoms with Gasteiger partial charge in [-0.1, -0.05) is 23.7 Å². The van der Waals surface area contributed by atoms with Gasteiger partial charge in [-0.05, 0) is 12.1 Å². The van der Waals surface area contributed by atoms with Crippen LogP contribution < -0.4 is 5.32 Å². The number of thiazole rings is 1. The molecule has 0 amide bonds. The van der Waals surface area contributed by atoms with Gasteiger partial charge in [-0.3, -0.25) is 4.90 Å². The fraction of sp³-hybridized carbons (Fsp3) is 0.357. The molecular formula is C14H16ClN3S. The lowest BCUT2D eigenvalue weighted by atomic mass is 10.2. The lowest BCUT2D eigenvalue weighted by Gasteiger charge is -2.26. The molecule has 1 N–H and O–H groups in total. The minimum atomic E-state index is 0.765. The van der Waals surface area contributed by atoms with Crippen molar-refractivity contribution in [2.45, 2.75) is 6.54 Å². The average molecular weight is 294 g/mol. The van der Waals surface area contributed by atoms with Gasteiger partial charge >= 0.3 is 0 Å². The Morgan fingerprint density at radius 1 is 1.21 bits per heavy atom. The van der Waals surface area contributed by atoms with Gasteiger partial charge in [0.1, 0.15) is 5.01 Å². The Bertz CT molecular complexity index is 532. The number of nitrogens with one attached hydrogen (secondary N) is 1. The number of halogens is 1. The first-order valence-corrected chi connectivity index (χ1v) is 7.70. The van der Waals surface area contributed by atoms with Gasteiger partial charge in [0.2, 0.25) is 0 Å². The van der Waals surface area contributed by atoms with E-state index in [1.165, 1.54) is 0 Å². The molecule has 1 aromatic carbocycles. The fourth-order valence-corrected chi connectivity index (χ4v) is 3.15. The maximum Gasteiger partial charge on any atom is 0.123 e. The van der Waals surface area contributed by atoms with Gasteiger partial charge in [-0.15, -0.1) is 11.3 Å². The van der Waals surface area contributed by atoms with Crippen molar-refractivity contribution >= 4 is 22.9 Å². The van der Waals surface area contributed by atoms with E-state index in [-0.39, 0.29) is 0 Å². The summed E-state index contributed by atoms with van der Waals surface area (Å²) in [4.78, 5) is 7.16. The Balaban J connectivity index is 1.70. The van der Waals surface area contributed by atoms with Crippen LogP contribution >= 0.6 is 22.9 Å². The zero-order valence-corrected chi connectivity index (χ0v) is 12.2. The van der Waals surface area contributed by atoms with Crippen LogP contribution in [0.3, 0.4) is 0 Å². The normalized spacial score (nSPS) is 16.7. The molecule has 2 heterocycles. The predicted molar refractivity (Wildman–Crippen MR) is 80.7 cm³/mol. The van der Waals surface area contributed by atoms with E-state index in [1.54, 1.807) is 11.3 Å². The van der Waals surface area contributed by atoms with E-state index >= 15 is 0 Å². The van der Waals surface area contributed by atoms with Gasteiger partial charge in [-0.25, -0.2) is 4.98 Å². The monoisotopic (exact) mass is 293 g/mol. The maximum absolute atomic E-state index is 5.90. The minimum Gasteiger partial charge on any atom is -0.314 e. The molecule has 0 spiro atoms. The van der Waals surface area contributed by atoms with Crippen molar-refractivity contribution in [1.82, 2.24) is 15.2 Å². The van der Waals surface area contributed by atoms with Gasteiger partial charge < -0.3 is 5.32 Å². The Morgan fingerprint density at radius 3 is 2.68 bits per heavy atom. The number of hydrogen-bond acceptors (Lipinski definition) is 4. The maximum atomic E-state index is 5.90. The number of rotatable bonds is 3. The van der Waals surface area contributed by atoms with Crippen molar-refractivity contribution in [2.75, 3.05) is 26.2 Å². The van der Waals surface area contributed by atoms with Crippen molar-refractivity contribution in [3.05, 3.63) is 40.4 Å². The average Bonchev–Trinajstić information content (AvgIpc) is 2.89. The quantitative estimate of drug-likeness (QED) is 0.943. The van der Waals surface area contributed by atoms with Gasteiger partial charge in [-0.2, -0.15) is 0 Å². The molecule has 3 nitrogen and oxygen atoms in total. The third-order valence-electron chi connectivity index (χ3n) is 3.24. The Hall–Kier alpha value is -0.940. The minimum absolute atomic E-state index is 0.765. The predicted octanol–water partition coefficient (Wildman–Crippen LogP) is 2.87. The summed E-state index contributed by atoms with van der Waals surface area (Å²) < 4.78 is 0. The highest BCUT2D eigenvalue weighted by atomic mass is 35.5. The molecule has 1 aliphatic heterocycles. The van der Waals surface area contributed by atoms with Crippen LogP contribution in [0.1, 0.15) is 5.69 Å². The highest BCUT2D eigenvalue weighted by Gasteiger charge is 2.12. The van der Waals surface area contributed by atoms with E-state index < -0.39 is 0 Å². The Kier molecular flexibility index (Phi) is 4.13. The lowest BCUT2D eigenvalue weighted by molar-refractivity contribution is 0.231. The van der Waals surface area contributed by atoms with Crippen LogP contribution in [0.15, 0.2) is 29.6 Å². The van der Waals surface area contributed by atoms with Crippen molar-refractivity contribution in [1.29, 1.82) is 0 Å².